The Kier molecular flexibility index (Phi) is 6.61. The van der Waals surface area contributed by atoms with Gasteiger partial charge in [-0.3, -0.25) is 9.59 Å². The largest absolute Gasteiger partial charge is 0.379 e. The van der Waals surface area contributed by atoms with Crippen LogP contribution in [-0.2, 0) is 29.8 Å². The Balaban J connectivity index is 1.55. The second-order valence-corrected chi connectivity index (χ2v) is 11.4. The Labute approximate surface area is 190 Å². The molecule has 1 saturated heterocycles. The molecular weight excluding hydrogens is 430 g/mol. The van der Waals surface area contributed by atoms with Crippen molar-refractivity contribution < 1.29 is 22.7 Å². The highest BCUT2D eigenvalue weighted by atomic mass is 32.2. The number of sulfonamides is 1. The van der Waals surface area contributed by atoms with Crippen molar-refractivity contribution in [2.24, 2.45) is 0 Å². The van der Waals surface area contributed by atoms with Gasteiger partial charge >= 0.3 is 0 Å². The first-order chi connectivity index (χ1) is 15.2. The average molecular weight is 464 g/mol. The van der Waals surface area contributed by atoms with Gasteiger partial charge in [-0.15, -0.1) is 0 Å². The van der Waals surface area contributed by atoms with Gasteiger partial charge in [0.05, 0.1) is 23.5 Å². The van der Waals surface area contributed by atoms with Crippen molar-refractivity contribution in [2.75, 3.05) is 37.7 Å². The molecule has 0 atom stereocenters. The number of amides is 2. The molecule has 176 valence electrons. The number of rotatable bonds is 5. The first kappa shape index (κ1) is 23.2. The van der Waals surface area contributed by atoms with Gasteiger partial charge in [0.1, 0.15) is 6.54 Å². The van der Waals surface area contributed by atoms with E-state index in [1.807, 2.05) is 0 Å². The minimum Gasteiger partial charge on any atom is -0.379 e. The maximum absolute atomic E-state index is 13.2. The molecule has 0 unspecified atom stereocenters. The van der Waals surface area contributed by atoms with Crippen molar-refractivity contribution >= 4 is 27.5 Å². The predicted molar refractivity (Wildman–Crippen MR) is 121 cm³/mol. The van der Waals surface area contributed by atoms with Gasteiger partial charge in [-0.05, 0) is 50.5 Å². The topological polar surface area (TPSA) is 96.0 Å². The summed E-state index contributed by atoms with van der Waals surface area (Å²) in [6, 6.07) is 4.96. The Morgan fingerprint density at radius 1 is 1.12 bits per heavy atom. The fourth-order valence-electron chi connectivity index (χ4n) is 4.91. The number of morpholine rings is 1. The van der Waals surface area contributed by atoms with Crippen LogP contribution < -0.4 is 10.2 Å². The first-order valence-electron chi connectivity index (χ1n) is 11.5. The lowest BCUT2D eigenvalue weighted by Crippen LogP contribution is -2.45. The standard InChI is InChI=1S/C23H33N3O5S/c1-23(2)19-15-18(32(29,30)25-11-13-31-14-12-25)9-10-20(19)26(22(23)28)16-21(27)24-17-7-5-3-4-6-8-17/h9-10,15,17H,3-8,11-14,16H2,1-2H3,(H,24,27). The minimum atomic E-state index is -3.67. The van der Waals surface area contributed by atoms with Crippen molar-refractivity contribution in [3.8, 4) is 0 Å². The molecule has 4 rings (SSSR count). The smallest absolute Gasteiger partial charge is 0.243 e. The first-order valence-corrected chi connectivity index (χ1v) is 13.0. The summed E-state index contributed by atoms with van der Waals surface area (Å²) in [5.74, 6) is -0.358. The molecule has 0 aromatic heterocycles. The van der Waals surface area contributed by atoms with Crippen LogP contribution >= 0.6 is 0 Å². The van der Waals surface area contributed by atoms with E-state index in [1.54, 1.807) is 26.0 Å². The molecule has 3 aliphatic rings. The second-order valence-electron chi connectivity index (χ2n) is 9.47. The van der Waals surface area contributed by atoms with Gasteiger partial charge in [0.2, 0.25) is 21.8 Å². The molecule has 1 aromatic rings. The highest BCUT2D eigenvalue weighted by molar-refractivity contribution is 7.89. The van der Waals surface area contributed by atoms with Crippen LogP contribution in [0.1, 0.15) is 57.9 Å². The third kappa shape index (κ3) is 4.43. The molecule has 9 heteroatoms. The number of fused-ring (bicyclic) bond motifs is 1. The monoisotopic (exact) mass is 463 g/mol. The van der Waals surface area contributed by atoms with Crippen LogP contribution in [0.15, 0.2) is 23.1 Å². The molecule has 2 aliphatic heterocycles. The van der Waals surface area contributed by atoms with E-state index in [9.17, 15) is 18.0 Å². The van der Waals surface area contributed by atoms with E-state index in [1.165, 1.54) is 28.1 Å². The third-order valence-corrected chi connectivity index (χ3v) is 8.74. The van der Waals surface area contributed by atoms with E-state index in [-0.39, 0.29) is 29.3 Å². The molecule has 2 amide bonds. The van der Waals surface area contributed by atoms with Crippen LogP contribution in [-0.4, -0.2) is 63.4 Å². The quantitative estimate of drug-likeness (QED) is 0.675. The van der Waals surface area contributed by atoms with Gasteiger partial charge in [-0.1, -0.05) is 25.7 Å². The summed E-state index contributed by atoms with van der Waals surface area (Å²) in [5.41, 5.74) is 0.338. The molecule has 0 spiro atoms. The highest BCUT2D eigenvalue weighted by Gasteiger charge is 2.45. The summed E-state index contributed by atoms with van der Waals surface area (Å²) in [6.45, 7) is 4.88. The Hall–Kier alpha value is -1.97. The SMILES string of the molecule is CC1(C)C(=O)N(CC(=O)NC2CCCCCC2)c2ccc(S(=O)(=O)N3CCOCC3)cc21. The summed E-state index contributed by atoms with van der Waals surface area (Å²) >= 11 is 0. The van der Waals surface area contributed by atoms with E-state index in [0.29, 0.717) is 37.6 Å². The van der Waals surface area contributed by atoms with E-state index in [4.69, 9.17) is 4.74 Å². The van der Waals surface area contributed by atoms with Crippen molar-refractivity contribution in [1.82, 2.24) is 9.62 Å². The van der Waals surface area contributed by atoms with Crippen LogP contribution in [0.25, 0.3) is 0 Å². The number of nitrogens with one attached hydrogen (secondary N) is 1. The van der Waals surface area contributed by atoms with Crippen LogP contribution in [0, 0.1) is 0 Å². The van der Waals surface area contributed by atoms with Crippen molar-refractivity contribution in [1.29, 1.82) is 0 Å². The van der Waals surface area contributed by atoms with Crippen LogP contribution in [0.3, 0.4) is 0 Å². The lowest BCUT2D eigenvalue weighted by atomic mass is 9.86. The number of carbonyl (C=O) groups is 2. The van der Waals surface area contributed by atoms with Crippen molar-refractivity contribution in [3.05, 3.63) is 23.8 Å². The van der Waals surface area contributed by atoms with Gasteiger partial charge in [-0.2, -0.15) is 4.31 Å². The molecule has 1 N–H and O–H groups in total. The number of hydrogen-bond donors (Lipinski definition) is 1. The van der Waals surface area contributed by atoms with Crippen LogP contribution in [0.4, 0.5) is 5.69 Å². The number of nitrogens with zero attached hydrogens (tertiary/aromatic N) is 2. The Morgan fingerprint density at radius 3 is 2.44 bits per heavy atom. The number of ether oxygens (including phenoxy) is 1. The van der Waals surface area contributed by atoms with Crippen LogP contribution in [0.5, 0.6) is 0 Å². The summed E-state index contributed by atoms with van der Waals surface area (Å²) < 4.78 is 32.9. The highest BCUT2D eigenvalue weighted by Crippen LogP contribution is 2.42. The Bertz CT molecular complexity index is 977. The van der Waals surface area contributed by atoms with E-state index in [2.05, 4.69) is 5.32 Å². The van der Waals surface area contributed by atoms with Gasteiger partial charge in [0.15, 0.2) is 0 Å². The summed E-state index contributed by atoms with van der Waals surface area (Å²) in [5, 5.41) is 3.10. The second kappa shape index (κ2) is 9.11. The zero-order valence-electron chi connectivity index (χ0n) is 18.9. The fraction of sp³-hybridized carbons (Fsp3) is 0.652. The fourth-order valence-corrected chi connectivity index (χ4v) is 6.34. The molecule has 1 aromatic carbocycles. The number of hydrogen-bond acceptors (Lipinski definition) is 5. The summed E-state index contributed by atoms with van der Waals surface area (Å²) in [6.07, 6.45) is 6.59. The van der Waals surface area contributed by atoms with Gasteiger partial charge in [0, 0.05) is 24.8 Å². The van der Waals surface area contributed by atoms with E-state index in [0.717, 1.165) is 25.7 Å². The number of anilines is 1. The van der Waals surface area contributed by atoms with E-state index < -0.39 is 15.4 Å². The molecule has 2 heterocycles. The maximum Gasteiger partial charge on any atom is 0.243 e. The molecule has 1 saturated carbocycles. The van der Waals surface area contributed by atoms with Crippen LogP contribution in [0.2, 0.25) is 0 Å². The molecule has 0 bridgehead atoms. The summed E-state index contributed by atoms with van der Waals surface area (Å²) in [7, 11) is -3.67. The summed E-state index contributed by atoms with van der Waals surface area (Å²) in [4.78, 5) is 27.6. The number of carbonyl (C=O) groups excluding carboxylic acids is 2. The lowest BCUT2D eigenvalue weighted by molar-refractivity contribution is -0.126. The van der Waals surface area contributed by atoms with Gasteiger partial charge in [0.25, 0.3) is 0 Å². The molecule has 32 heavy (non-hydrogen) atoms. The maximum atomic E-state index is 13.2. The van der Waals surface area contributed by atoms with Gasteiger partial charge in [-0.25, -0.2) is 8.42 Å². The lowest BCUT2D eigenvalue weighted by Gasteiger charge is -2.26. The molecule has 1 aliphatic carbocycles. The average Bonchev–Trinajstić information content (AvgIpc) is 2.96. The van der Waals surface area contributed by atoms with Crippen molar-refractivity contribution in [3.63, 3.8) is 0 Å². The van der Waals surface area contributed by atoms with E-state index >= 15 is 0 Å². The van der Waals surface area contributed by atoms with Crippen molar-refractivity contribution in [2.45, 2.75) is 68.7 Å². The third-order valence-electron chi connectivity index (χ3n) is 6.84. The normalized spacial score (nSPS) is 22.4. The number of benzene rings is 1. The minimum absolute atomic E-state index is 0.0542. The zero-order valence-corrected chi connectivity index (χ0v) is 19.7. The Morgan fingerprint density at radius 2 is 1.78 bits per heavy atom. The molecular formula is C23H33N3O5S. The molecule has 2 fully saturated rings. The molecule has 0 radical (unpaired) electrons. The zero-order chi connectivity index (χ0) is 22.9. The van der Waals surface area contributed by atoms with Gasteiger partial charge < -0.3 is 15.0 Å². The predicted octanol–water partition coefficient (Wildman–Crippen LogP) is 2.17. The molecule has 8 nitrogen and oxygen atoms in total.